The summed E-state index contributed by atoms with van der Waals surface area (Å²) in [5.41, 5.74) is -0.744. The molecule has 3 heterocycles. The molecule has 12 heteroatoms. The molecule has 0 unspecified atom stereocenters. The van der Waals surface area contributed by atoms with Crippen LogP contribution in [0.4, 0.5) is 17.6 Å². The summed E-state index contributed by atoms with van der Waals surface area (Å²) in [6.45, 7) is 6.23. The van der Waals surface area contributed by atoms with Gasteiger partial charge in [0.05, 0.1) is 23.9 Å². The maximum Gasteiger partial charge on any atom is 0.419 e. The van der Waals surface area contributed by atoms with Crippen molar-refractivity contribution >= 4 is 11.2 Å². The number of nitrogens with zero attached hydrogens (tertiary/aromatic N) is 6. The minimum absolute atomic E-state index is 0.0232. The second-order valence-electron chi connectivity index (χ2n) is 7.03. The van der Waals surface area contributed by atoms with E-state index >= 15 is 0 Å². The van der Waals surface area contributed by atoms with E-state index in [1.807, 2.05) is 26.8 Å². The van der Waals surface area contributed by atoms with Gasteiger partial charge in [0.1, 0.15) is 17.7 Å². The van der Waals surface area contributed by atoms with Crippen molar-refractivity contribution in [2.75, 3.05) is 0 Å². The molecular formula is C22H21F4N7O. The molecule has 4 aromatic rings. The van der Waals surface area contributed by atoms with Crippen LogP contribution in [0, 0.1) is 17.1 Å². The molecule has 0 aliphatic carbocycles. The van der Waals surface area contributed by atoms with E-state index < -0.39 is 23.1 Å². The predicted molar refractivity (Wildman–Crippen MR) is 116 cm³/mol. The van der Waals surface area contributed by atoms with Crippen molar-refractivity contribution in [3.63, 3.8) is 0 Å². The van der Waals surface area contributed by atoms with E-state index in [4.69, 9.17) is 0 Å². The molecule has 178 valence electrons. The monoisotopic (exact) mass is 475 g/mol. The van der Waals surface area contributed by atoms with Crippen LogP contribution >= 0.6 is 0 Å². The van der Waals surface area contributed by atoms with Crippen LogP contribution in [0.1, 0.15) is 44.1 Å². The molecule has 8 nitrogen and oxygen atoms in total. The Morgan fingerprint density at radius 2 is 1.94 bits per heavy atom. The number of H-pyrrole nitrogens is 1. The van der Waals surface area contributed by atoms with Gasteiger partial charge in [0.2, 0.25) is 5.82 Å². The van der Waals surface area contributed by atoms with E-state index in [1.54, 1.807) is 6.20 Å². The van der Waals surface area contributed by atoms with Crippen molar-refractivity contribution in [2.24, 2.45) is 0 Å². The molecule has 3 aromatic heterocycles. The Kier molecular flexibility index (Phi) is 7.14. The lowest BCUT2D eigenvalue weighted by molar-refractivity contribution is -0.140. The first kappa shape index (κ1) is 24.6. The van der Waals surface area contributed by atoms with Gasteiger partial charge in [-0.2, -0.15) is 28.5 Å². The van der Waals surface area contributed by atoms with E-state index in [9.17, 15) is 27.6 Å². The number of imidazole rings is 1. The maximum atomic E-state index is 13.8. The molecule has 0 saturated heterocycles. The van der Waals surface area contributed by atoms with Gasteiger partial charge in [-0.05, 0) is 24.1 Å². The van der Waals surface area contributed by atoms with Crippen LogP contribution in [0.5, 0.6) is 0 Å². The van der Waals surface area contributed by atoms with Gasteiger partial charge in [-0.3, -0.25) is 14.0 Å². The molecule has 34 heavy (non-hydrogen) atoms. The summed E-state index contributed by atoms with van der Waals surface area (Å²) in [7, 11) is 0. The summed E-state index contributed by atoms with van der Waals surface area (Å²) < 4.78 is 54.6. The molecule has 0 aliphatic heterocycles. The molecule has 1 aromatic carbocycles. The van der Waals surface area contributed by atoms with E-state index in [2.05, 4.69) is 20.1 Å². The minimum Gasteiger partial charge on any atom is -0.332 e. The number of alkyl halides is 3. The molecule has 0 aliphatic rings. The first-order chi connectivity index (χ1) is 16.2. The van der Waals surface area contributed by atoms with Crippen LogP contribution in [0.25, 0.3) is 22.6 Å². The quantitative estimate of drug-likeness (QED) is 0.428. The fraction of sp³-hybridized carbons (Fsp3) is 0.318. The molecule has 0 saturated carbocycles. The Morgan fingerprint density at radius 1 is 1.21 bits per heavy atom. The van der Waals surface area contributed by atoms with Crippen LogP contribution in [0.15, 0.2) is 35.4 Å². The Bertz CT molecular complexity index is 1410. The molecule has 0 amide bonds. The van der Waals surface area contributed by atoms with Crippen LogP contribution < -0.4 is 5.56 Å². The molecular weight excluding hydrogens is 454 g/mol. The third-order valence-corrected chi connectivity index (χ3v) is 4.75. The Morgan fingerprint density at radius 3 is 2.56 bits per heavy atom. The summed E-state index contributed by atoms with van der Waals surface area (Å²) in [6.07, 6.45) is -1.14. The Balaban J connectivity index is 0.00000158. The van der Waals surface area contributed by atoms with Crippen molar-refractivity contribution in [3.05, 3.63) is 63.7 Å². The van der Waals surface area contributed by atoms with Gasteiger partial charge in [0.15, 0.2) is 11.2 Å². The fourth-order valence-electron chi connectivity index (χ4n) is 3.29. The largest absolute Gasteiger partial charge is 0.419 e. The van der Waals surface area contributed by atoms with Crippen molar-refractivity contribution in [2.45, 2.75) is 46.5 Å². The lowest BCUT2D eigenvalue weighted by atomic mass is 10.1. The highest BCUT2D eigenvalue weighted by Gasteiger charge is 2.33. The van der Waals surface area contributed by atoms with Crippen LogP contribution in [-0.2, 0) is 19.3 Å². The van der Waals surface area contributed by atoms with Crippen LogP contribution in [-0.4, -0.2) is 29.3 Å². The first-order valence-corrected chi connectivity index (χ1v) is 10.5. The number of halogens is 4. The SMILES string of the molecule is CC.CCCn1c(C#N)nc2nc(-c3cnn(Cc4ccc(C(F)(F)F)c(F)c4)c3)[nH]c2c1=O. The third-order valence-electron chi connectivity index (χ3n) is 4.75. The van der Waals surface area contributed by atoms with Gasteiger partial charge in [0, 0.05) is 12.7 Å². The van der Waals surface area contributed by atoms with Crippen molar-refractivity contribution < 1.29 is 17.6 Å². The lowest BCUT2D eigenvalue weighted by Crippen LogP contribution is -2.24. The van der Waals surface area contributed by atoms with Gasteiger partial charge in [-0.1, -0.05) is 26.8 Å². The van der Waals surface area contributed by atoms with Gasteiger partial charge in [-0.15, -0.1) is 0 Å². The topological polar surface area (TPSA) is 105 Å². The highest BCUT2D eigenvalue weighted by atomic mass is 19.4. The summed E-state index contributed by atoms with van der Waals surface area (Å²) in [4.78, 5) is 24.0. The normalized spacial score (nSPS) is 11.2. The molecule has 4 rings (SSSR count). The smallest absolute Gasteiger partial charge is 0.332 e. The zero-order valence-electron chi connectivity index (χ0n) is 18.6. The van der Waals surface area contributed by atoms with E-state index in [-0.39, 0.29) is 34.9 Å². The van der Waals surface area contributed by atoms with E-state index in [0.717, 1.165) is 6.07 Å². The molecule has 0 radical (unpaired) electrons. The number of nitriles is 1. The number of nitrogens with one attached hydrogen (secondary N) is 1. The third kappa shape index (κ3) is 4.83. The predicted octanol–water partition coefficient (Wildman–Crippen LogP) is 4.50. The number of hydrogen-bond acceptors (Lipinski definition) is 5. The second-order valence-corrected chi connectivity index (χ2v) is 7.03. The lowest BCUT2D eigenvalue weighted by Gasteiger charge is -2.09. The average molecular weight is 475 g/mol. The number of benzene rings is 1. The van der Waals surface area contributed by atoms with Crippen molar-refractivity contribution in [1.82, 2.24) is 29.3 Å². The number of hydrogen-bond donors (Lipinski definition) is 1. The van der Waals surface area contributed by atoms with Gasteiger partial charge in [-0.25, -0.2) is 9.37 Å². The highest BCUT2D eigenvalue weighted by Crippen LogP contribution is 2.31. The van der Waals surface area contributed by atoms with E-state index in [1.165, 1.54) is 21.5 Å². The Labute approximate surface area is 191 Å². The summed E-state index contributed by atoms with van der Waals surface area (Å²) in [6, 6.07) is 4.57. The van der Waals surface area contributed by atoms with Crippen LogP contribution in [0.2, 0.25) is 0 Å². The second kappa shape index (κ2) is 9.86. The molecule has 0 spiro atoms. The van der Waals surface area contributed by atoms with Crippen molar-refractivity contribution in [3.8, 4) is 17.5 Å². The fourth-order valence-corrected chi connectivity index (χ4v) is 3.29. The number of aromatic nitrogens is 6. The summed E-state index contributed by atoms with van der Waals surface area (Å²) in [5.74, 6) is -1.11. The molecule has 0 atom stereocenters. The van der Waals surface area contributed by atoms with Crippen LogP contribution in [0.3, 0.4) is 0 Å². The zero-order chi connectivity index (χ0) is 25.0. The van der Waals surface area contributed by atoms with Gasteiger partial charge in [0.25, 0.3) is 5.56 Å². The van der Waals surface area contributed by atoms with E-state index in [0.29, 0.717) is 24.6 Å². The number of fused-ring (bicyclic) bond motifs is 1. The van der Waals surface area contributed by atoms with Gasteiger partial charge < -0.3 is 4.98 Å². The highest BCUT2D eigenvalue weighted by molar-refractivity contribution is 5.75. The number of rotatable bonds is 5. The average Bonchev–Trinajstić information content (AvgIpc) is 3.43. The summed E-state index contributed by atoms with van der Waals surface area (Å²) in [5, 5.41) is 13.4. The maximum absolute atomic E-state index is 13.8. The zero-order valence-corrected chi connectivity index (χ0v) is 18.6. The number of aromatic amines is 1. The van der Waals surface area contributed by atoms with Gasteiger partial charge >= 0.3 is 6.18 Å². The molecule has 0 bridgehead atoms. The minimum atomic E-state index is -4.77. The molecule has 0 fully saturated rings. The Hall–Kier alpha value is -4.01. The van der Waals surface area contributed by atoms with Crippen molar-refractivity contribution in [1.29, 1.82) is 5.26 Å². The molecule has 1 N–H and O–H groups in total. The summed E-state index contributed by atoms with van der Waals surface area (Å²) >= 11 is 0. The standard InChI is InChI=1S/C20H15F4N7O.C2H6/c1-2-5-31-15(7-25)27-18-16(19(31)32)28-17(29-18)12-8-26-30(10-12)9-11-3-4-13(14(21)6-11)20(22,23)24;1-2/h3-4,6,8,10H,2,5,9H2,1H3,(H,28,29);1-2H3. The first-order valence-electron chi connectivity index (χ1n) is 10.5.